The predicted molar refractivity (Wildman–Crippen MR) is 74.4 cm³/mol. The number of hydrogen-bond acceptors (Lipinski definition) is 4. The van der Waals surface area contributed by atoms with Gasteiger partial charge in [0.25, 0.3) is 5.56 Å². The number of carboxylic acid groups (broad SMARTS) is 1. The molecule has 118 valence electrons. The molecular formula is C14H9F2N3O4. The van der Waals surface area contributed by atoms with E-state index < -0.39 is 34.6 Å². The Morgan fingerprint density at radius 1 is 1.22 bits per heavy atom. The number of rotatable bonds is 3. The molecule has 0 saturated carbocycles. The normalized spacial score (nSPS) is 11.0. The van der Waals surface area contributed by atoms with Gasteiger partial charge in [-0.2, -0.15) is 5.10 Å². The van der Waals surface area contributed by atoms with Crippen molar-refractivity contribution in [3.05, 3.63) is 57.5 Å². The van der Waals surface area contributed by atoms with Crippen LogP contribution in [0.1, 0.15) is 16.1 Å². The number of fused-ring (bicyclic) bond motifs is 1. The molecule has 0 aliphatic heterocycles. The number of aromatic hydroxyl groups is 1. The smallest absolute Gasteiger partial charge is 0.357 e. The zero-order valence-corrected chi connectivity index (χ0v) is 11.4. The van der Waals surface area contributed by atoms with E-state index in [1.54, 1.807) is 0 Å². The zero-order chi connectivity index (χ0) is 16.7. The number of aromatic nitrogens is 3. The molecule has 9 heteroatoms. The molecule has 2 aromatic heterocycles. The van der Waals surface area contributed by atoms with E-state index in [4.69, 9.17) is 5.11 Å². The number of halogens is 2. The minimum Gasteiger partial charge on any atom is -0.507 e. The summed E-state index contributed by atoms with van der Waals surface area (Å²) in [5, 5.41) is 22.6. The third-order valence-corrected chi connectivity index (χ3v) is 3.18. The van der Waals surface area contributed by atoms with Gasteiger partial charge in [0.15, 0.2) is 5.69 Å². The first-order valence-electron chi connectivity index (χ1n) is 6.36. The summed E-state index contributed by atoms with van der Waals surface area (Å²) >= 11 is 0. The molecule has 0 aliphatic carbocycles. The van der Waals surface area contributed by atoms with Gasteiger partial charge in [-0.25, -0.2) is 18.3 Å². The summed E-state index contributed by atoms with van der Waals surface area (Å²) in [7, 11) is 0. The van der Waals surface area contributed by atoms with Crippen molar-refractivity contribution >= 4 is 17.0 Å². The number of aromatic amines is 1. The topological polar surface area (TPSA) is 108 Å². The number of benzene rings is 1. The van der Waals surface area contributed by atoms with Crippen LogP contribution in [-0.2, 0) is 6.54 Å². The van der Waals surface area contributed by atoms with Crippen LogP contribution in [0.15, 0.2) is 29.1 Å². The molecule has 0 saturated heterocycles. The van der Waals surface area contributed by atoms with Crippen molar-refractivity contribution in [2.24, 2.45) is 0 Å². The molecule has 0 amide bonds. The fourth-order valence-corrected chi connectivity index (χ4v) is 2.32. The highest BCUT2D eigenvalue weighted by Crippen LogP contribution is 2.25. The lowest BCUT2D eigenvalue weighted by Crippen LogP contribution is -2.09. The second kappa shape index (κ2) is 5.20. The van der Waals surface area contributed by atoms with Gasteiger partial charge >= 0.3 is 5.97 Å². The van der Waals surface area contributed by atoms with Crippen LogP contribution in [0.25, 0.3) is 11.0 Å². The Balaban J connectivity index is 2.21. The third kappa shape index (κ3) is 2.63. The number of nitrogens with zero attached hydrogens (tertiary/aromatic N) is 2. The van der Waals surface area contributed by atoms with E-state index in [9.17, 15) is 23.5 Å². The Labute approximate surface area is 126 Å². The highest BCUT2D eigenvalue weighted by molar-refractivity contribution is 6.02. The van der Waals surface area contributed by atoms with Crippen molar-refractivity contribution < 1.29 is 23.8 Å². The van der Waals surface area contributed by atoms with Crippen LogP contribution < -0.4 is 5.56 Å². The Morgan fingerprint density at radius 2 is 1.87 bits per heavy atom. The SMILES string of the molecule is O=C(O)c1nn(Cc2cc(F)cc(F)c2)c2[nH]c(=O)cc(O)c12. The lowest BCUT2D eigenvalue weighted by atomic mass is 10.2. The lowest BCUT2D eigenvalue weighted by Gasteiger charge is -2.04. The average molecular weight is 321 g/mol. The minimum absolute atomic E-state index is 0.0583. The number of nitrogens with one attached hydrogen (secondary N) is 1. The second-order valence-corrected chi connectivity index (χ2v) is 4.83. The van der Waals surface area contributed by atoms with E-state index in [0.717, 1.165) is 22.9 Å². The standard InChI is InChI=1S/C14H9F2N3O4/c15-7-1-6(2-8(16)3-7)5-19-13-11(12(18-19)14(22)23)9(20)4-10(21)17-13/h1-4H,5H2,(H,22,23)(H2,17,20,21). The second-order valence-electron chi connectivity index (χ2n) is 4.83. The molecule has 3 rings (SSSR count). The summed E-state index contributed by atoms with van der Waals surface area (Å²) in [6, 6.07) is 3.62. The van der Waals surface area contributed by atoms with Crippen LogP contribution in [0, 0.1) is 11.6 Å². The Hall–Kier alpha value is -3.23. The minimum atomic E-state index is -1.42. The molecule has 0 spiro atoms. The number of H-pyrrole nitrogens is 1. The van der Waals surface area contributed by atoms with Crippen LogP contribution in [0.3, 0.4) is 0 Å². The van der Waals surface area contributed by atoms with Gasteiger partial charge < -0.3 is 15.2 Å². The summed E-state index contributed by atoms with van der Waals surface area (Å²) in [6.45, 7) is -0.197. The fourth-order valence-electron chi connectivity index (χ4n) is 2.32. The maximum Gasteiger partial charge on any atom is 0.357 e. The van der Waals surface area contributed by atoms with E-state index in [1.165, 1.54) is 0 Å². The van der Waals surface area contributed by atoms with Gasteiger partial charge in [0.1, 0.15) is 23.0 Å². The lowest BCUT2D eigenvalue weighted by molar-refractivity contribution is 0.0691. The van der Waals surface area contributed by atoms with Gasteiger partial charge in [-0.05, 0) is 17.7 Å². The summed E-state index contributed by atoms with van der Waals surface area (Å²) in [4.78, 5) is 25.1. The summed E-state index contributed by atoms with van der Waals surface area (Å²) in [6.07, 6.45) is 0. The molecule has 3 N–H and O–H groups in total. The van der Waals surface area contributed by atoms with E-state index in [0.29, 0.717) is 6.07 Å². The quantitative estimate of drug-likeness (QED) is 0.677. The van der Waals surface area contributed by atoms with Crippen molar-refractivity contribution in [1.82, 2.24) is 14.8 Å². The molecule has 0 aliphatic rings. The number of aromatic carboxylic acids is 1. The molecule has 23 heavy (non-hydrogen) atoms. The van der Waals surface area contributed by atoms with Gasteiger partial charge in [-0.15, -0.1) is 0 Å². The molecule has 0 atom stereocenters. The van der Waals surface area contributed by atoms with E-state index in [1.807, 2.05) is 0 Å². The third-order valence-electron chi connectivity index (χ3n) is 3.18. The first-order chi connectivity index (χ1) is 10.8. The molecule has 0 radical (unpaired) electrons. The van der Waals surface area contributed by atoms with E-state index in [2.05, 4.69) is 10.1 Å². The Bertz CT molecular complexity index is 973. The van der Waals surface area contributed by atoms with Gasteiger partial charge in [-0.1, -0.05) is 0 Å². The zero-order valence-electron chi connectivity index (χ0n) is 11.4. The van der Waals surface area contributed by atoms with Crippen LogP contribution in [0.2, 0.25) is 0 Å². The molecule has 0 fully saturated rings. The highest BCUT2D eigenvalue weighted by Gasteiger charge is 2.21. The number of carboxylic acids is 1. The molecule has 3 aromatic rings. The largest absolute Gasteiger partial charge is 0.507 e. The molecule has 7 nitrogen and oxygen atoms in total. The maximum atomic E-state index is 13.2. The van der Waals surface area contributed by atoms with E-state index >= 15 is 0 Å². The van der Waals surface area contributed by atoms with Crippen molar-refractivity contribution in [2.45, 2.75) is 6.54 Å². The molecule has 1 aromatic carbocycles. The highest BCUT2D eigenvalue weighted by atomic mass is 19.1. The van der Waals surface area contributed by atoms with Crippen molar-refractivity contribution in [3.8, 4) is 5.75 Å². The van der Waals surface area contributed by atoms with Crippen molar-refractivity contribution in [3.63, 3.8) is 0 Å². The first-order valence-corrected chi connectivity index (χ1v) is 6.36. The summed E-state index contributed by atoms with van der Waals surface area (Å²) < 4.78 is 27.5. The molecular weight excluding hydrogens is 312 g/mol. The summed E-state index contributed by atoms with van der Waals surface area (Å²) in [5.74, 6) is -3.56. The Morgan fingerprint density at radius 3 is 2.48 bits per heavy atom. The number of carbonyl (C=O) groups is 1. The van der Waals surface area contributed by atoms with Gasteiger partial charge in [0, 0.05) is 12.1 Å². The van der Waals surface area contributed by atoms with Gasteiger partial charge in [0.05, 0.1) is 11.9 Å². The Kier molecular flexibility index (Phi) is 3.32. The van der Waals surface area contributed by atoms with Crippen LogP contribution in [0.4, 0.5) is 8.78 Å². The molecule has 2 heterocycles. The maximum absolute atomic E-state index is 13.2. The van der Waals surface area contributed by atoms with E-state index in [-0.39, 0.29) is 23.1 Å². The number of pyridine rings is 1. The van der Waals surface area contributed by atoms with Crippen molar-refractivity contribution in [1.29, 1.82) is 0 Å². The summed E-state index contributed by atoms with van der Waals surface area (Å²) in [5.41, 5.74) is -1.03. The number of hydrogen-bond donors (Lipinski definition) is 3. The van der Waals surface area contributed by atoms with Crippen LogP contribution in [0.5, 0.6) is 5.75 Å². The molecule has 0 bridgehead atoms. The van der Waals surface area contributed by atoms with Crippen LogP contribution >= 0.6 is 0 Å². The monoisotopic (exact) mass is 321 g/mol. The van der Waals surface area contributed by atoms with Gasteiger partial charge in [-0.3, -0.25) is 4.79 Å². The van der Waals surface area contributed by atoms with Crippen LogP contribution in [-0.4, -0.2) is 30.9 Å². The predicted octanol–water partition coefficient (Wildman–Crippen LogP) is 1.45. The molecule has 0 unspecified atom stereocenters. The van der Waals surface area contributed by atoms with Gasteiger partial charge in [0.2, 0.25) is 0 Å². The average Bonchev–Trinajstić information content (AvgIpc) is 2.76. The first kappa shape index (κ1) is 14.7. The fraction of sp³-hybridized carbons (Fsp3) is 0.0714. The van der Waals surface area contributed by atoms with Crippen molar-refractivity contribution in [2.75, 3.05) is 0 Å².